The molecule has 114 valence electrons. The van der Waals surface area contributed by atoms with E-state index in [1.165, 1.54) is 0 Å². The average Bonchev–Trinajstić information content (AvgIpc) is 2.38. The number of nitrogens with zero attached hydrogens (tertiary/aromatic N) is 5. The van der Waals surface area contributed by atoms with Crippen LogP contribution >= 0.6 is 0 Å². The van der Waals surface area contributed by atoms with E-state index in [9.17, 15) is 0 Å². The monoisotopic (exact) mass is 282 g/mol. The van der Waals surface area contributed by atoms with Gasteiger partial charge in [0.1, 0.15) is 0 Å². The van der Waals surface area contributed by atoms with Gasteiger partial charge in [0, 0.05) is 20.1 Å². The molecule has 1 rings (SSSR count). The lowest BCUT2D eigenvalue weighted by Gasteiger charge is -2.19. The van der Waals surface area contributed by atoms with Gasteiger partial charge in [-0.15, -0.1) is 0 Å². The summed E-state index contributed by atoms with van der Waals surface area (Å²) in [5.41, 5.74) is 0. The highest BCUT2D eigenvalue weighted by Crippen LogP contribution is 2.14. The summed E-state index contributed by atoms with van der Waals surface area (Å²) in [5, 5.41) is 3.10. The van der Waals surface area contributed by atoms with Crippen LogP contribution in [0.2, 0.25) is 0 Å². The zero-order chi connectivity index (χ0) is 15.0. The third-order valence-corrected chi connectivity index (χ3v) is 2.65. The van der Waals surface area contributed by atoms with Crippen molar-refractivity contribution in [3.63, 3.8) is 0 Å². The Morgan fingerprint density at radius 1 is 1.05 bits per heavy atom. The van der Waals surface area contributed by atoms with Crippen LogP contribution in [0.1, 0.15) is 20.3 Å². The second-order valence-electron chi connectivity index (χ2n) is 4.78. The smallest absolute Gasteiger partial charge is 0.323 e. The first-order valence-corrected chi connectivity index (χ1v) is 7.05. The molecule has 1 N–H and O–H groups in total. The van der Waals surface area contributed by atoms with Crippen LogP contribution in [0.15, 0.2) is 0 Å². The molecule has 0 atom stereocenters. The molecule has 7 heteroatoms. The van der Waals surface area contributed by atoms with E-state index in [4.69, 9.17) is 4.74 Å². The molecule has 1 aromatic heterocycles. The van der Waals surface area contributed by atoms with E-state index in [2.05, 4.69) is 39.3 Å². The molecule has 0 aromatic carbocycles. The van der Waals surface area contributed by atoms with Crippen molar-refractivity contribution in [3.8, 4) is 6.01 Å². The molecule has 20 heavy (non-hydrogen) atoms. The summed E-state index contributed by atoms with van der Waals surface area (Å²) in [6.45, 7) is 7.15. The fraction of sp³-hybridized carbons (Fsp3) is 0.769. The Morgan fingerprint density at radius 3 is 2.40 bits per heavy atom. The Labute approximate surface area is 121 Å². The molecule has 0 spiro atoms. The van der Waals surface area contributed by atoms with Crippen molar-refractivity contribution in [1.82, 2.24) is 19.9 Å². The molecule has 1 aromatic rings. The number of rotatable bonds is 9. The van der Waals surface area contributed by atoms with Gasteiger partial charge in [0.25, 0.3) is 0 Å². The van der Waals surface area contributed by atoms with Gasteiger partial charge in [-0.2, -0.15) is 15.0 Å². The molecule has 0 bridgehead atoms. The standard InChI is InChI=1S/C13H26N6O/c1-6-14-11-15-12(17-13(16-11)20-7-2)19(5)10-8-9-18(3)4/h6-10H2,1-5H3,(H,14,15,16,17). The Kier molecular flexibility index (Phi) is 7.00. The van der Waals surface area contributed by atoms with Crippen LogP contribution in [0.25, 0.3) is 0 Å². The molecule has 0 aliphatic heterocycles. The second kappa shape index (κ2) is 8.52. The molecule has 0 amide bonds. The Hall–Kier alpha value is -1.63. The maximum Gasteiger partial charge on any atom is 0.323 e. The normalized spacial score (nSPS) is 10.7. The third kappa shape index (κ3) is 5.56. The van der Waals surface area contributed by atoms with Crippen LogP contribution in [0.4, 0.5) is 11.9 Å². The van der Waals surface area contributed by atoms with Gasteiger partial charge in [0.05, 0.1) is 6.61 Å². The van der Waals surface area contributed by atoms with Gasteiger partial charge < -0.3 is 19.9 Å². The van der Waals surface area contributed by atoms with Gasteiger partial charge in [0.2, 0.25) is 11.9 Å². The van der Waals surface area contributed by atoms with Crippen molar-refractivity contribution in [2.75, 3.05) is 57.6 Å². The van der Waals surface area contributed by atoms with E-state index >= 15 is 0 Å². The summed E-state index contributed by atoms with van der Waals surface area (Å²) in [7, 11) is 6.12. The van der Waals surface area contributed by atoms with Crippen molar-refractivity contribution in [1.29, 1.82) is 0 Å². The summed E-state index contributed by atoms with van der Waals surface area (Å²) in [6.07, 6.45) is 1.05. The van der Waals surface area contributed by atoms with Crippen LogP contribution in [0, 0.1) is 0 Å². The predicted octanol–water partition coefficient (Wildman–Crippen LogP) is 1.09. The van der Waals surface area contributed by atoms with Crippen molar-refractivity contribution < 1.29 is 4.74 Å². The van der Waals surface area contributed by atoms with Crippen LogP contribution in [0.3, 0.4) is 0 Å². The van der Waals surface area contributed by atoms with E-state index in [1.54, 1.807) is 0 Å². The molecule has 0 aliphatic rings. The minimum absolute atomic E-state index is 0.368. The predicted molar refractivity (Wildman–Crippen MR) is 81.6 cm³/mol. The molecule has 1 heterocycles. The number of hydrogen-bond acceptors (Lipinski definition) is 7. The van der Waals surface area contributed by atoms with Crippen LogP contribution in [0.5, 0.6) is 6.01 Å². The molecule has 0 saturated carbocycles. The van der Waals surface area contributed by atoms with Crippen molar-refractivity contribution >= 4 is 11.9 Å². The highest BCUT2D eigenvalue weighted by atomic mass is 16.5. The van der Waals surface area contributed by atoms with Gasteiger partial charge in [-0.05, 0) is 40.9 Å². The highest BCUT2D eigenvalue weighted by Gasteiger charge is 2.10. The molecular weight excluding hydrogens is 256 g/mol. The molecule has 0 aliphatic carbocycles. The first-order valence-electron chi connectivity index (χ1n) is 7.05. The number of nitrogens with one attached hydrogen (secondary N) is 1. The van der Waals surface area contributed by atoms with E-state index in [-0.39, 0.29) is 0 Å². The van der Waals surface area contributed by atoms with Crippen LogP contribution < -0.4 is 15.0 Å². The number of ether oxygens (including phenoxy) is 1. The van der Waals surface area contributed by atoms with Gasteiger partial charge in [-0.25, -0.2) is 0 Å². The fourth-order valence-corrected chi connectivity index (χ4v) is 1.67. The average molecular weight is 282 g/mol. The molecule has 0 saturated heterocycles. The van der Waals surface area contributed by atoms with Gasteiger partial charge in [-0.3, -0.25) is 0 Å². The number of hydrogen-bond donors (Lipinski definition) is 1. The lowest BCUT2D eigenvalue weighted by Crippen LogP contribution is -2.25. The lowest BCUT2D eigenvalue weighted by atomic mass is 10.4. The first-order chi connectivity index (χ1) is 9.56. The maximum atomic E-state index is 5.39. The van der Waals surface area contributed by atoms with Gasteiger partial charge in [0.15, 0.2) is 0 Å². The van der Waals surface area contributed by atoms with Gasteiger partial charge in [-0.1, -0.05) is 0 Å². The SMILES string of the molecule is CCNc1nc(OCC)nc(N(C)CCCN(C)C)n1. The van der Waals surface area contributed by atoms with E-state index < -0.39 is 0 Å². The largest absolute Gasteiger partial charge is 0.464 e. The minimum Gasteiger partial charge on any atom is -0.464 e. The Balaban J connectivity index is 2.75. The molecule has 0 radical (unpaired) electrons. The molecular formula is C13H26N6O. The van der Waals surface area contributed by atoms with Crippen molar-refractivity contribution in [3.05, 3.63) is 0 Å². The summed E-state index contributed by atoms with van der Waals surface area (Å²) in [5.74, 6) is 1.19. The van der Waals surface area contributed by atoms with E-state index in [0.29, 0.717) is 24.5 Å². The maximum absolute atomic E-state index is 5.39. The van der Waals surface area contributed by atoms with E-state index in [1.807, 2.05) is 25.8 Å². The highest BCUT2D eigenvalue weighted by molar-refractivity contribution is 5.37. The molecule has 7 nitrogen and oxygen atoms in total. The Morgan fingerprint density at radius 2 is 1.80 bits per heavy atom. The topological polar surface area (TPSA) is 66.4 Å². The summed E-state index contributed by atoms with van der Waals surface area (Å²) < 4.78 is 5.39. The minimum atomic E-state index is 0.368. The summed E-state index contributed by atoms with van der Waals surface area (Å²) in [6, 6.07) is 0.368. The summed E-state index contributed by atoms with van der Waals surface area (Å²) >= 11 is 0. The second-order valence-corrected chi connectivity index (χ2v) is 4.78. The zero-order valence-electron chi connectivity index (χ0n) is 13.2. The van der Waals surface area contributed by atoms with Crippen molar-refractivity contribution in [2.24, 2.45) is 0 Å². The third-order valence-electron chi connectivity index (χ3n) is 2.65. The van der Waals surface area contributed by atoms with Crippen LogP contribution in [-0.2, 0) is 0 Å². The molecule has 0 fully saturated rings. The van der Waals surface area contributed by atoms with Crippen LogP contribution in [-0.4, -0.2) is 67.2 Å². The van der Waals surface area contributed by atoms with Crippen molar-refractivity contribution in [2.45, 2.75) is 20.3 Å². The quantitative estimate of drug-likeness (QED) is 0.727. The summed E-state index contributed by atoms with van der Waals surface area (Å²) in [4.78, 5) is 17.1. The number of anilines is 2. The zero-order valence-corrected chi connectivity index (χ0v) is 13.2. The first kappa shape index (κ1) is 16.4. The Bertz CT molecular complexity index is 374. The number of aromatic nitrogens is 3. The fourth-order valence-electron chi connectivity index (χ4n) is 1.67. The van der Waals surface area contributed by atoms with Gasteiger partial charge >= 0.3 is 6.01 Å². The lowest BCUT2D eigenvalue weighted by molar-refractivity contribution is 0.312. The van der Waals surface area contributed by atoms with E-state index in [0.717, 1.165) is 26.1 Å². The molecule has 0 unspecified atom stereocenters.